The van der Waals surface area contributed by atoms with Gasteiger partial charge in [-0.25, -0.2) is 0 Å². The lowest BCUT2D eigenvalue weighted by Gasteiger charge is -2.40. The molecule has 30 heavy (non-hydrogen) atoms. The summed E-state index contributed by atoms with van der Waals surface area (Å²) in [6.45, 7) is 4.30. The lowest BCUT2D eigenvalue weighted by atomic mass is 9.88. The SMILES string of the molecule is C/C(=C/C(C)c1c(O)cc2oc(C)cc(=O)c2c1O)[C@@H]1O[C@H](CO)[C@@H](O)[C@H](O)[C@H]1O. The second kappa shape index (κ2) is 8.37. The summed E-state index contributed by atoms with van der Waals surface area (Å²) in [6.07, 6.45) is -4.93. The predicted molar refractivity (Wildman–Crippen MR) is 106 cm³/mol. The highest BCUT2D eigenvalue weighted by molar-refractivity contribution is 5.87. The Hall–Kier alpha value is -2.43. The summed E-state index contributed by atoms with van der Waals surface area (Å²) in [6, 6.07) is 2.49. The largest absolute Gasteiger partial charge is 0.507 e. The summed E-state index contributed by atoms with van der Waals surface area (Å²) in [7, 11) is 0. The number of benzene rings is 1. The number of aliphatic hydroxyl groups excluding tert-OH is 4. The molecule has 3 rings (SSSR count). The maximum Gasteiger partial charge on any atom is 0.196 e. The average molecular weight is 422 g/mol. The van der Waals surface area contributed by atoms with Gasteiger partial charge in [-0.1, -0.05) is 13.0 Å². The number of phenols is 2. The van der Waals surface area contributed by atoms with Crippen molar-refractivity contribution in [1.29, 1.82) is 0 Å². The van der Waals surface area contributed by atoms with E-state index < -0.39 is 54.2 Å². The highest BCUT2D eigenvalue weighted by Gasteiger charge is 2.43. The molecule has 1 aliphatic rings. The third-order valence-corrected chi connectivity index (χ3v) is 5.44. The zero-order valence-corrected chi connectivity index (χ0v) is 16.8. The first-order valence-electron chi connectivity index (χ1n) is 9.54. The zero-order valence-electron chi connectivity index (χ0n) is 16.8. The summed E-state index contributed by atoms with van der Waals surface area (Å²) in [5.41, 5.74) is 0.131. The molecule has 9 nitrogen and oxygen atoms in total. The van der Waals surface area contributed by atoms with Crippen molar-refractivity contribution < 1.29 is 39.8 Å². The van der Waals surface area contributed by atoms with E-state index in [1.165, 1.54) is 12.1 Å². The number of phenolic OH excluding ortho intramolecular Hbond substituents is 2. The molecule has 1 saturated heterocycles. The van der Waals surface area contributed by atoms with Crippen LogP contribution in [-0.4, -0.2) is 67.8 Å². The Morgan fingerprint density at radius 1 is 1.17 bits per heavy atom. The van der Waals surface area contributed by atoms with Crippen LogP contribution in [0.4, 0.5) is 0 Å². The molecule has 9 heteroatoms. The van der Waals surface area contributed by atoms with Crippen LogP contribution in [0, 0.1) is 6.92 Å². The predicted octanol–water partition coefficient (Wildman–Crippen LogP) is 0.405. The maximum atomic E-state index is 12.3. The molecule has 2 heterocycles. The smallest absolute Gasteiger partial charge is 0.196 e. The van der Waals surface area contributed by atoms with Crippen molar-refractivity contribution in [2.45, 2.75) is 57.2 Å². The minimum atomic E-state index is -1.52. The van der Waals surface area contributed by atoms with Crippen molar-refractivity contribution in [1.82, 2.24) is 0 Å². The second-order valence-electron chi connectivity index (χ2n) is 7.70. The molecule has 0 spiro atoms. The minimum absolute atomic E-state index is 0.0561. The van der Waals surface area contributed by atoms with Crippen LogP contribution in [0.15, 0.2) is 33.0 Å². The van der Waals surface area contributed by atoms with Crippen LogP contribution in [0.3, 0.4) is 0 Å². The fraction of sp³-hybridized carbons (Fsp3) is 0.476. The number of fused-ring (bicyclic) bond motifs is 1. The van der Waals surface area contributed by atoms with Crippen LogP contribution in [-0.2, 0) is 4.74 Å². The number of hydrogen-bond acceptors (Lipinski definition) is 9. The van der Waals surface area contributed by atoms with E-state index in [0.717, 1.165) is 0 Å². The molecule has 2 aromatic rings. The first-order chi connectivity index (χ1) is 14.1. The molecule has 1 aliphatic heterocycles. The van der Waals surface area contributed by atoms with E-state index >= 15 is 0 Å². The third kappa shape index (κ3) is 3.82. The number of hydrogen-bond donors (Lipinski definition) is 6. The normalized spacial score (nSPS) is 28.6. The average Bonchev–Trinajstić information content (AvgIpc) is 2.65. The van der Waals surface area contributed by atoms with Crippen molar-refractivity contribution >= 4 is 11.0 Å². The molecule has 6 atom stereocenters. The number of aromatic hydroxyl groups is 2. The molecule has 0 saturated carbocycles. The number of allylic oxidation sites excluding steroid dienone is 1. The summed E-state index contributed by atoms with van der Waals surface area (Å²) >= 11 is 0. The van der Waals surface area contributed by atoms with Gasteiger partial charge in [0.15, 0.2) is 5.43 Å². The summed E-state index contributed by atoms with van der Waals surface area (Å²) in [5, 5.41) is 60.6. The van der Waals surface area contributed by atoms with Crippen LogP contribution >= 0.6 is 0 Å². The van der Waals surface area contributed by atoms with Crippen molar-refractivity contribution in [3.63, 3.8) is 0 Å². The van der Waals surface area contributed by atoms with Gasteiger partial charge in [-0.3, -0.25) is 4.79 Å². The Kier molecular flexibility index (Phi) is 6.21. The number of aryl methyl sites for hydroxylation is 1. The molecule has 0 amide bonds. The van der Waals surface area contributed by atoms with E-state index in [1.54, 1.807) is 26.8 Å². The summed E-state index contributed by atoms with van der Waals surface area (Å²) in [4.78, 5) is 12.3. The highest BCUT2D eigenvalue weighted by atomic mass is 16.5. The molecule has 0 bridgehead atoms. The first-order valence-corrected chi connectivity index (χ1v) is 9.54. The molecule has 1 unspecified atom stereocenters. The van der Waals surface area contributed by atoms with Gasteiger partial charge in [0, 0.05) is 23.6 Å². The van der Waals surface area contributed by atoms with Crippen LogP contribution in [0.2, 0.25) is 0 Å². The van der Waals surface area contributed by atoms with Gasteiger partial charge in [0.25, 0.3) is 0 Å². The lowest BCUT2D eigenvalue weighted by molar-refractivity contribution is -0.219. The molecule has 0 aliphatic carbocycles. The van der Waals surface area contributed by atoms with Crippen LogP contribution in [0.1, 0.15) is 31.1 Å². The minimum Gasteiger partial charge on any atom is -0.507 e. The van der Waals surface area contributed by atoms with Crippen LogP contribution < -0.4 is 5.43 Å². The van der Waals surface area contributed by atoms with E-state index in [2.05, 4.69) is 0 Å². The van der Waals surface area contributed by atoms with E-state index in [0.29, 0.717) is 11.3 Å². The molecule has 1 fully saturated rings. The van der Waals surface area contributed by atoms with Gasteiger partial charge in [-0.05, 0) is 19.4 Å². The van der Waals surface area contributed by atoms with E-state index in [1.807, 2.05) is 0 Å². The van der Waals surface area contributed by atoms with Crippen molar-refractivity contribution in [2.75, 3.05) is 6.61 Å². The van der Waals surface area contributed by atoms with Gasteiger partial charge >= 0.3 is 0 Å². The van der Waals surface area contributed by atoms with Crippen LogP contribution in [0.5, 0.6) is 11.5 Å². The van der Waals surface area contributed by atoms with Gasteiger partial charge in [0.05, 0.1) is 6.61 Å². The number of ether oxygens (including phenoxy) is 1. The van der Waals surface area contributed by atoms with Gasteiger partial charge in [-0.15, -0.1) is 0 Å². The van der Waals surface area contributed by atoms with Gasteiger partial charge in [-0.2, -0.15) is 0 Å². The molecule has 1 aromatic heterocycles. The molecular formula is C21H26O9. The van der Waals surface area contributed by atoms with Crippen molar-refractivity contribution in [3.05, 3.63) is 45.3 Å². The Morgan fingerprint density at radius 2 is 1.83 bits per heavy atom. The molecular weight excluding hydrogens is 396 g/mol. The van der Waals surface area contributed by atoms with Crippen molar-refractivity contribution in [2.24, 2.45) is 0 Å². The maximum absolute atomic E-state index is 12.3. The zero-order chi connectivity index (χ0) is 22.3. The lowest BCUT2D eigenvalue weighted by Crippen LogP contribution is -2.58. The molecule has 1 aromatic carbocycles. The summed E-state index contributed by atoms with van der Waals surface area (Å²) in [5.74, 6) is -0.976. The van der Waals surface area contributed by atoms with E-state index in [-0.39, 0.29) is 22.3 Å². The van der Waals surface area contributed by atoms with E-state index in [4.69, 9.17) is 9.15 Å². The second-order valence-corrected chi connectivity index (χ2v) is 7.70. The van der Waals surface area contributed by atoms with E-state index in [9.17, 15) is 35.4 Å². The van der Waals surface area contributed by atoms with Gasteiger partial charge < -0.3 is 39.8 Å². The first kappa shape index (κ1) is 22.3. The third-order valence-electron chi connectivity index (χ3n) is 5.44. The Balaban J connectivity index is 2.00. The fourth-order valence-electron chi connectivity index (χ4n) is 3.92. The van der Waals surface area contributed by atoms with Crippen LogP contribution in [0.25, 0.3) is 11.0 Å². The van der Waals surface area contributed by atoms with Gasteiger partial charge in [0.2, 0.25) is 0 Å². The topological polar surface area (TPSA) is 161 Å². The number of rotatable bonds is 4. The Bertz CT molecular complexity index is 1020. The van der Waals surface area contributed by atoms with Gasteiger partial charge in [0.1, 0.15) is 58.7 Å². The highest BCUT2D eigenvalue weighted by Crippen LogP contribution is 2.40. The summed E-state index contributed by atoms with van der Waals surface area (Å²) < 4.78 is 10.9. The number of aliphatic hydroxyl groups is 4. The molecule has 164 valence electrons. The van der Waals surface area contributed by atoms with Crippen molar-refractivity contribution in [3.8, 4) is 11.5 Å². The standard InChI is InChI=1S/C21H26O9/c1-8(4-9(2)21-20(28)19(27)17(25)14(7-22)30-21)15-12(24)6-13-16(18(15)26)11(23)5-10(3)29-13/h4-6,8,14,17,19-22,24-28H,7H2,1-3H3/b9-4-/t8?,14-,17-,19+,20-,21+/m1/s1. The Morgan fingerprint density at radius 3 is 2.47 bits per heavy atom. The monoisotopic (exact) mass is 422 g/mol. The molecule has 0 radical (unpaired) electrons. The fourth-order valence-corrected chi connectivity index (χ4v) is 3.92. The Labute approximate surface area is 172 Å². The molecule has 6 N–H and O–H groups in total. The quantitative estimate of drug-likeness (QED) is 0.383.